The molecular formula is C22H24N6O3. The summed E-state index contributed by atoms with van der Waals surface area (Å²) >= 11 is 0. The number of fused-ring (bicyclic) bond motifs is 1. The molecule has 5 rings (SSSR count). The van der Waals surface area contributed by atoms with E-state index in [1.54, 1.807) is 22.6 Å². The molecule has 2 amide bonds. The Morgan fingerprint density at radius 2 is 1.81 bits per heavy atom. The van der Waals surface area contributed by atoms with Crippen LogP contribution in [0.15, 0.2) is 47.1 Å². The third-order valence-corrected chi connectivity index (χ3v) is 6.34. The van der Waals surface area contributed by atoms with Crippen molar-refractivity contribution < 1.29 is 14.1 Å². The molecule has 1 aromatic carbocycles. The number of carbonyl (C=O) groups excluding carboxylic acids is 2. The lowest BCUT2D eigenvalue weighted by molar-refractivity contribution is 0.0723. The standard InChI is InChI=1S/C22H24N6O3/c1-3-28-10-9-18(24-28)20(30)27-12-17-11-26(19(29)16-7-5-4-6-8-16)13-22(17,14-27)21-23-15(2)25-31-21/h4-10,17H,3,11-14H2,1-2H3. The molecule has 0 radical (unpaired) electrons. The normalized spacial score (nSPS) is 22.7. The largest absolute Gasteiger partial charge is 0.339 e. The number of aromatic nitrogens is 4. The molecule has 2 aliphatic heterocycles. The molecule has 9 heteroatoms. The number of rotatable bonds is 4. The lowest BCUT2D eigenvalue weighted by atomic mass is 9.81. The summed E-state index contributed by atoms with van der Waals surface area (Å²) in [7, 11) is 0. The number of carbonyl (C=O) groups is 2. The van der Waals surface area contributed by atoms with Crippen molar-refractivity contribution in [3.8, 4) is 0 Å². The highest BCUT2D eigenvalue weighted by Gasteiger charge is 2.59. The van der Waals surface area contributed by atoms with Gasteiger partial charge >= 0.3 is 0 Å². The highest BCUT2D eigenvalue weighted by Crippen LogP contribution is 2.45. The summed E-state index contributed by atoms with van der Waals surface area (Å²) in [6.45, 7) is 6.34. The lowest BCUT2D eigenvalue weighted by Gasteiger charge is -2.25. The minimum atomic E-state index is -0.575. The number of nitrogens with zero attached hydrogens (tertiary/aromatic N) is 6. The van der Waals surface area contributed by atoms with Crippen molar-refractivity contribution in [2.45, 2.75) is 25.8 Å². The van der Waals surface area contributed by atoms with E-state index in [-0.39, 0.29) is 17.7 Å². The molecule has 2 aromatic heterocycles. The van der Waals surface area contributed by atoms with Crippen LogP contribution in [0.3, 0.4) is 0 Å². The van der Waals surface area contributed by atoms with E-state index >= 15 is 0 Å². The van der Waals surface area contributed by atoms with Gasteiger partial charge in [0.25, 0.3) is 11.8 Å². The van der Waals surface area contributed by atoms with E-state index in [0.717, 1.165) is 0 Å². The van der Waals surface area contributed by atoms with Crippen molar-refractivity contribution in [2.24, 2.45) is 5.92 Å². The molecule has 0 saturated carbocycles. The minimum Gasteiger partial charge on any atom is -0.339 e. The van der Waals surface area contributed by atoms with Crippen LogP contribution < -0.4 is 0 Å². The number of amides is 2. The van der Waals surface area contributed by atoms with Crippen molar-refractivity contribution >= 4 is 11.8 Å². The molecule has 2 unspecified atom stereocenters. The van der Waals surface area contributed by atoms with Gasteiger partial charge in [0.1, 0.15) is 5.69 Å². The van der Waals surface area contributed by atoms with Crippen LogP contribution in [-0.4, -0.2) is 67.7 Å². The highest BCUT2D eigenvalue weighted by atomic mass is 16.5. The number of hydrogen-bond acceptors (Lipinski definition) is 6. The summed E-state index contributed by atoms with van der Waals surface area (Å²) < 4.78 is 7.32. The number of hydrogen-bond donors (Lipinski definition) is 0. The van der Waals surface area contributed by atoms with Gasteiger partial charge in [-0.1, -0.05) is 23.4 Å². The van der Waals surface area contributed by atoms with Gasteiger partial charge in [-0.05, 0) is 32.0 Å². The van der Waals surface area contributed by atoms with Gasteiger partial charge in [-0.25, -0.2) is 0 Å². The van der Waals surface area contributed by atoms with Crippen molar-refractivity contribution in [1.29, 1.82) is 0 Å². The molecule has 2 saturated heterocycles. The Hall–Kier alpha value is -3.49. The van der Waals surface area contributed by atoms with Gasteiger partial charge in [0, 0.05) is 50.4 Å². The molecule has 2 atom stereocenters. The predicted octanol–water partition coefficient (Wildman–Crippen LogP) is 1.76. The van der Waals surface area contributed by atoms with Crippen molar-refractivity contribution in [1.82, 2.24) is 29.7 Å². The van der Waals surface area contributed by atoms with Gasteiger partial charge in [0.2, 0.25) is 5.89 Å². The minimum absolute atomic E-state index is 0.0113. The second kappa shape index (κ2) is 7.33. The first-order valence-electron chi connectivity index (χ1n) is 10.5. The van der Waals surface area contributed by atoms with Crippen LogP contribution in [0.1, 0.15) is 39.5 Å². The SMILES string of the molecule is CCn1ccc(C(=O)N2CC3CN(C(=O)c4ccccc4)CC3(c3nc(C)no3)C2)n1. The van der Waals surface area contributed by atoms with E-state index in [4.69, 9.17) is 4.52 Å². The van der Waals surface area contributed by atoms with Crippen molar-refractivity contribution in [3.05, 3.63) is 65.6 Å². The Morgan fingerprint density at radius 3 is 2.42 bits per heavy atom. The van der Waals surface area contributed by atoms with Gasteiger partial charge < -0.3 is 14.3 Å². The molecule has 0 bridgehead atoms. The molecule has 2 aliphatic rings. The molecule has 0 N–H and O–H groups in total. The molecule has 31 heavy (non-hydrogen) atoms. The third-order valence-electron chi connectivity index (χ3n) is 6.34. The van der Waals surface area contributed by atoms with Crippen LogP contribution in [0.5, 0.6) is 0 Å². The Balaban J connectivity index is 1.43. The number of likely N-dealkylation sites (tertiary alicyclic amines) is 2. The van der Waals surface area contributed by atoms with E-state index in [0.29, 0.717) is 55.7 Å². The Kier molecular flexibility index (Phi) is 4.60. The summed E-state index contributed by atoms with van der Waals surface area (Å²) in [6.07, 6.45) is 1.81. The number of benzene rings is 1. The highest BCUT2D eigenvalue weighted by molar-refractivity contribution is 5.95. The van der Waals surface area contributed by atoms with Gasteiger partial charge in [-0.3, -0.25) is 14.3 Å². The topological polar surface area (TPSA) is 97.4 Å². The molecular weight excluding hydrogens is 396 g/mol. The summed E-state index contributed by atoms with van der Waals surface area (Å²) in [5.41, 5.74) is 0.502. The second-order valence-electron chi connectivity index (χ2n) is 8.29. The van der Waals surface area contributed by atoms with E-state index in [2.05, 4.69) is 15.2 Å². The summed E-state index contributed by atoms with van der Waals surface area (Å²) in [4.78, 5) is 34.4. The van der Waals surface area contributed by atoms with E-state index in [1.807, 2.05) is 48.4 Å². The first-order valence-corrected chi connectivity index (χ1v) is 10.5. The molecule has 2 fully saturated rings. The van der Waals surface area contributed by atoms with Crippen LogP contribution in [0, 0.1) is 12.8 Å². The Morgan fingerprint density at radius 1 is 1.10 bits per heavy atom. The number of aryl methyl sites for hydroxylation is 2. The molecule has 0 spiro atoms. The van der Waals surface area contributed by atoms with Crippen molar-refractivity contribution in [3.63, 3.8) is 0 Å². The van der Waals surface area contributed by atoms with Crippen LogP contribution in [0.4, 0.5) is 0 Å². The summed E-state index contributed by atoms with van der Waals surface area (Å²) in [5, 5.41) is 8.34. The van der Waals surface area contributed by atoms with Crippen LogP contribution >= 0.6 is 0 Å². The van der Waals surface area contributed by atoms with Crippen molar-refractivity contribution in [2.75, 3.05) is 26.2 Å². The first-order chi connectivity index (χ1) is 15.0. The fraction of sp³-hybridized carbons (Fsp3) is 0.409. The average Bonchev–Trinajstić information content (AvgIpc) is 3.55. The zero-order chi connectivity index (χ0) is 21.6. The van der Waals surface area contributed by atoms with Crippen LogP contribution in [-0.2, 0) is 12.0 Å². The maximum atomic E-state index is 13.1. The van der Waals surface area contributed by atoms with Gasteiger partial charge in [0.05, 0.1) is 5.41 Å². The van der Waals surface area contributed by atoms with Gasteiger partial charge in [0.15, 0.2) is 5.82 Å². The smallest absolute Gasteiger partial charge is 0.274 e. The van der Waals surface area contributed by atoms with E-state index < -0.39 is 5.41 Å². The Bertz CT molecular complexity index is 1120. The second-order valence-corrected chi connectivity index (χ2v) is 8.29. The molecule has 9 nitrogen and oxygen atoms in total. The molecule has 160 valence electrons. The average molecular weight is 420 g/mol. The summed E-state index contributed by atoms with van der Waals surface area (Å²) in [5.74, 6) is 0.913. The zero-order valence-electron chi connectivity index (χ0n) is 17.6. The molecule has 0 aliphatic carbocycles. The fourth-order valence-electron chi connectivity index (χ4n) is 4.75. The molecule has 3 aromatic rings. The van der Waals surface area contributed by atoms with Crippen LogP contribution in [0.2, 0.25) is 0 Å². The zero-order valence-corrected chi connectivity index (χ0v) is 17.6. The fourth-order valence-corrected chi connectivity index (χ4v) is 4.75. The first kappa shape index (κ1) is 19.5. The molecule has 4 heterocycles. The quantitative estimate of drug-likeness (QED) is 0.638. The van der Waals surface area contributed by atoms with Gasteiger partial charge in [-0.15, -0.1) is 0 Å². The predicted molar refractivity (Wildman–Crippen MR) is 110 cm³/mol. The lowest BCUT2D eigenvalue weighted by Crippen LogP contribution is -2.41. The monoisotopic (exact) mass is 420 g/mol. The van der Waals surface area contributed by atoms with Crippen LogP contribution in [0.25, 0.3) is 0 Å². The van der Waals surface area contributed by atoms with E-state index in [9.17, 15) is 9.59 Å². The maximum absolute atomic E-state index is 13.1. The van der Waals surface area contributed by atoms with E-state index in [1.165, 1.54) is 0 Å². The maximum Gasteiger partial charge on any atom is 0.274 e. The third kappa shape index (κ3) is 3.20. The summed E-state index contributed by atoms with van der Waals surface area (Å²) in [6, 6.07) is 11.0. The van der Waals surface area contributed by atoms with Gasteiger partial charge in [-0.2, -0.15) is 10.1 Å². The Labute approximate surface area is 179 Å².